The van der Waals surface area contributed by atoms with Gasteiger partial charge in [0.05, 0.1) is 0 Å². The normalized spacial score (nSPS) is 16.8. The van der Waals surface area contributed by atoms with Gasteiger partial charge in [-0.1, -0.05) is 18.2 Å². The molecule has 2 rings (SSSR count). The van der Waals surface area contributed by atoms with Crippen molar-refractivity contribution in [1.82, 2.24) is 5.32 Å². The summed E-state index contributed by atoms with van der Waals surface area (Å²) in [5.74, 6) is 3.30. The molecule has 3 heteroatoms. The van der Waals surface area contributed by atoms with E-state index in [0.29, 0.717) is 19.4 Å². The smallest absolute Gasteiger partial charge is 0.261 e. The number of para-hydroxylation sites is 1. The molecule has 1 aromatic rings. The molecule has 0 bridgehead atoms. The third kappa shape index (κ3) is 2.79. The number of unbranched alkanes of at least 4 members (excludes halogenated alkanes) is 1. The molecule has 1 aliphatic rings. The van der Waals surface area contributed by atoms with Gasteiger partial charge in [0, 0.05) is 19.4 Å². The van der Waals surface area contributed by atoms with Gasteiger partial charge < -0.3 is 10.1 Å². The van der Waals surface area contributed by atoms with Gasteiger partial charge in [0.2, 0.25) is 0 Å². The highest BCUT2D eigenvalue weighted by atomic mass is 16.5. The van der Waals surface area contributed by atoms with E-state index in [1.807, 2.05) is 24.3 Å². The van der Waals surface area contributed by atoms with Crippen LogP contribution in [0.15, 0.2) is 24.3 Å². The molecule has 1 aliphatic heterocycles. The Bertz CT molecular complexity index is 423. The molecule has 0 saturated heterocycles. The lowest BCUT2D eigenvalue weighted by atomic mass is 10.1. The monoisotopic (exact) mass is 229 g/mol. The highest BCUT2D eigenvalue weighted by molar-refractivity contribution is 5.82. The van der Waals surface area contributed by atoms with Crippen LogP contribution >= 0.6 is 0 Å². The molecule has 1 N–H and O–H groups in total. The van der Waals surface area contributed by atoms with Crippen LogP contribution in [0.1, 0.15) is 18.4 Å². The number of nitrogens with one attached hydrogen (secondary N) is 1. The van der Waals surface area contributed by atoms with Crippen molar-refractivity contribution in [2.45, 2.75) is 25.4 Å². The molecule has 1 atom stereocenters. The van der Waals surface area contributed by atoms with Gasteiger partial charge in [-0.3, -0.25) is 4.79 Å². The Labute approximate surface area is 101 Å². The summed E-state index contributed by atoms with van der Waals surface area (Å²) < 4.78 is 5.57. The summed E-state index contributed by atoms with van der Waals surface area (Å²) in [5.41, 5.74) is 1.09. The molecule has 1 unspecified atom stereocenters. The number of terminal acetylenes is 1. The predicted molar refractivity (Wildman–Crippen MR) is 65.6 cm³/mol. The first-order chi connectivity index (χ1) is 8.31. The van der Waals surface area contributed by atoms with Crippen molar-refractivity contribution in [3.05, 3.63) is 29.8 Å². The van der Waals surface area contributed by atoms with Gasteiger partial charge in [0.25, 0.3) is 5.91 Å². The molecule has 3 nitrogen and oxygen atoms in total. The molecule has 1 amide bonds. The Morgan fingerprint density at radius 3 is 3.12 bits per heavy atom. The second-order valence-electron chi connectivity index (χ2n) is 4.02. The molecular weight excluding hydrogens is 214 g/mol. The van der Waals surface area contributed by atoms with E-state index in [1.54, 1.807) is 0 Å². The Morgan fingerprint density at radius 2 is 2.35 bits per heavy atom. The zero-order chi connectivity index (χ0) is 12.1. The summed E-state index contributed by atoms with van der Waals surface area (Å²) in [6.07, 6.45) is 6.89. The first kappa shape index (κ1) is 11.5. The zero-order valence-corrected chi connectivity index (χ0v) is 9.61. The lowest BCUT2D eigenvalue weighted by molar-refractivity contribution is -0.127. The molecule has 0 aliphatic carbocycles. The molecular formula is C14H15NO2. The molecule has 1 heterocycles. The van der Waals surface area contributed by atoms with Crippen LogP contribution in [0, 0.1) is 12.3 Å². The average Bonchev–Trinajstić information content (AvgIpc) is 2.78. The number of carbonyl (C=O) groups is 1. The fourth-order valence-electron chi connectivity index (χ4n) is 1.84. The Kier molecular flexibility index (Phi) is 3.66. The molecule has 0 spiro atoms. The third-order valence-corrected chi connectivity index (χ3v) is 2.74. The first-order valence-electron chi connectivity index (χ1n) is 5.77. The Hall–Kier alpha value is -1.95. The van der Waals surface area contributed by atoms with Crippen molar-refractivity contribution in [3.63, 3.8) is 0 Å². The molecule has 1 aromatic carbocycles. The van der Waals surface area contributed by atoms with Crippen LogP contribution in [0.3, 0.4) is 0 Å². The first-order valence-corrected chi connectivity index (χ1v) is 5.77. The average molecular weight is 229 g/mol. The van der Waals surface area contributed by atoms with Crippen LogP contribution in [-0.2, 0) is 11.2 Å². The number of hydrogen-bond donors (Lipinski definition) is 1. The molecule has 88 valence electrons. The summed E-state index contributed by atoms with van der Waals surface area (Å²) in [4.78, 5) is 11.8. The standard InChI is InChI=1S/C14H15NO2/c1-2-3-6-9-15-14(16)13-10-11-7-4-5-8-12(11)17-13/h1,4-5,7-8,13H,3,6,9-10H2,(H,15,16). The third-order valence-electron chi connectivity index (χ3n) is 2.74. The van der Waals surface area contributed by atoms with Crippen molar-refractivity contribution in [2.75, 3.05) is 6.54 Å². The number of amides is 1. The van der Waals surface area contributed by atoms with Crippen molar-refractivity contribution in [3.8, 4) is 18.1 Å². The van der Waals surface area contributed by atoms with Gasteiger partial charge in [-0.05, 0) is 18.1 Å². The second kappa shape index (κ2) is 5.40. The minimum absolute atomic E-state index is 0.0572. The van der Waals surface area contributed by atoms with E-state index in [0.717, 1.165) is 17.7 Å². The van der Waals surface area contributed by atoms with Crippen LogP contribution in [0.25, 0.3) is 0 Å². The molecule has 0 fully saturated rings. The van der Waals surface area contributed by atoms with E-state index < -0.39 is 6.10 Å². The van der Waals surface area contributed by atoms with E-state index in [9.17, 15) is 4.79 Å². The highest BCUT2D eigenvalue weighted by Gasteiger charge is 2.28. The quantitative estimate of drug-likeness (QED) is 0.628. The van der Waals surface area contributed by atoms with Crippen molar-refractivity contribution in [1.29, 1.82) is 0 Å². The predicted octanol–water partition coefficient (Wildman–Crippen LogP) is 1.52. The van der Waals surface area contributed by atoms with Gasteiger partial charge in [-0.25, -0.2) is 0 Å². The fourth-order valence-corrected chi connectivity index (χ4v) is 1.84. The van der Waals surface area contributed by atoms with E-state index in [-0.39, 0.29) is 5.91 Å². The minimum atomic E-state index is -0.391. The zero-order valence-electron chi connectivity index (χ0n) is 9.61. The number of carbonyl (C=O) groups excluding carboxylic acids is 1. The van der Waals surface area contributed by atoms with Crippen LogP contribution in [0.2, 0.25) is 0 Å². The van der Waals surface area contributed by atoms with Gasteiger partial charge >= 0.3 is 0 Å². The van der Waals surface area contributed by atoms with Crippen LogP contribution in [0.4, 0.5) is 0 Å². The van der Waals surface area contributed by atoms with Crippen molar-refractivity contribution >= 4 is 5.91 Å². The lowest BCUT2D eigenvalue weighted by Crippen LogP contribution is -2.37. The van der Waals surface area contributed by atoms with Gasteiger partial charge in [0.1, 0.15) is 5.75 Å². The van der Waals surface area contributed by atoms with Gasteiger partial charge in [0.15, 0.2) is 6.10 Å². The Morgan fingerprint density at radius 1 is 1.53 bits per heavy atom. The van der Waals surface area contributed by atoms with Crippen LogP contribution in [0.5, 0.6) is 5.75 Å². The maximum atomic E-state index is 11.8. The van der Waals surface area contributed by atoms with Gasteiger partial charge in [-0.15, -0.1) is 12.3 Å². The summed E-state index contributed by atoms with van der Waals surface area (Å²) in [6, 6.07) is 7.74. The van der Waals surface area contributed by atoms with E-state index in [1.165, 1.54) is 0 Å². The maximum Gasteiger partial charge on any atom is 0.261 e. The molecule has 0 aromatic heterocycles. The van der Waals surface area contributed by atoms with Crippen molar-refractivity contribution < 1.29 is 9.53 Å². The van der Waals surface area contributed by atoms with Crippen molar-refractivity contribution in [2.24, 2.45) is 0 Å². The largest absolute Gasteiger partial charge is 0.480 e. The van der Waals surface area contributed by atoms with Crippen LogP contribution < -0.4 is 10.1 Å². The fraction of sp³-hybridized carbons (Fsp3) is 0.357. The Balaban J connectivity index is 1.82. The number of ether oxygens (including phenoxy) is 1. The molecule has 0 radical (unpaired) electrons. The number of benzene rings is 1. The summed E-state index contributed by atoms with van der Waals surface area (Å²) in [6.45, 7) is 0.610. The van der Waals surface area contributed by atoms with E-state index >= 15 is 0 Å². The molecule has 17 heavy (non-hydrogen) atoms. The minimum Gasteiger partial charge on any atom is -0.480 e. The van der Waals surface area contributed by atoms with Crippen LogP contribution in [-0.4, -0.2) is 18.6 Å². The summed E-state index contributed by atoms with van der Waals surface area (Å²) >= 11 is 0. The maximum absolute atomic E-state index is 11.8. The number of hydrogen-bond acceptors (Lipinski definition) is 2. The van der Waals surface area contributed by atoms with Gasteiger partial charge in [-0.2, -0.15) is 0 Å². The second-order valence-corrected chi connectivity index (χ2v) is 4.02. The van der Waals surface area contributed by atoms with E-state index in [2.05, 4.69) is 11.2 Å². The molecule has 0 saturated carbocycles. The number of fused-ring (bicyclic) bond motifs is 1. The lowest BCUT2D eigenvalue weighted by Gasteiger charge is -2.10. The summed E-state index contributed by atoms with van der Waals surface area (Å²) in [5, 5.41) is 2.83. The van der Waals surface area contributed by atoms with E-state index in [4.69, 9.17) is 11.2 Å². The SMILES string of the molecule is C#CCCCNC(=O)C1Cc2ccccc2O1. The highest BCUT2D eigenvalue weighted by Crippen LogP contribution is 2.27. The number of rotatable bonds is 4. The topological polar surface area (TPSA) is 38.3 Å². The summed E-state index contributed by atoms with van der Waals surface area (Å²) in [7, 11) is 0.